The monoisotopic (exact) mass is 670 g/mol. The molecule has 2 aliphatic rings. The number of amides is 1. The molecule has 0 radical (unpaired) electrons. The normalized spacial score (nSPS) is 24.6. The summed E-state index contributed by atoms with van der Waals surface area (Å²) in [7, 11) is 1.52. The van der Waals surface area contributed by atoms with Crippen LogP contribution in [0.3, 0.4) is 0 Å². The molecule has 3 aromatic heterocycles. The molecule has 1 amide bonds. The van der Waals surface area contributed by atoms with Gasteiger partial charge in [-0.1, -0.05) is 39.3 Å². The number of hydrogen-bond acceptors (Lipinski definition) is 12. The van der Waals surface area contributed by atoms with Crippen molar-refractivity contribution in [1.29, 1.82) is 0 Å². The molecule has 0 saturated heterocycles. The van der Waals surface area contributed by atoms with Crippen LogP contribution in [-0.2, 0) is 23.9 Å². The van der Waals surface area contributed by atoms with Crippen LogP contribution >= 0.6 is 22.9 Å². The molecular weight excluding hydrogens is 632 g/mol. The van der Waals surface area contributed by atoms with Gasteiger partial charge in [-0.25, -0.2) is 15.0 Å². The number of carbonyl (C=O) groups is 3. The Bertz CT molecular complexity index is 1710. The minimum Gasteiger partial charge on any atom is -0.456 e. The number of nitrogens with zero attached hydrogens (tertiary/aromatic N) is 4. The summed E-state index contributed by atoms with van der Waals surface area (Å²) in [6.07, 6.45) is -0.304. The Morgan fingerprint density at radius 3 is 2.37 bits per heavy atom. The van der Waals surface area contributed by atoms with Gasteiger partial charge >= 0.3 is 11.9 Å². The summed E-state index contributed by atoms with van der Waals surface area (Å²) in [5, 5.41) is 5.94. The molecule has 7 atom stereocenters. The zero-order valence-corrected chi connectivity index (χ0v) is 28.1. The van der Waals surface area contributed by atoms with Gasteiger partial charge in [-0.2, -0.15) is 0 Å². The number of nitrogens with two attached hydrogens (primary N) is 2. The van der Waals surface area contributed by atoms with Crippen LogP contribution in [0.5, 0.6) is 0 Å². The second-order valence-electron chi connectivity index (χ2n) is 12.3. The summed E-state index contributed by atoms with van der Waals surface area (Å²) in [4.78, 5) is 54.9. The van der Waals surface area contributed by atoms with E-state index < -0.39 is 53.6 Å². The van der Waals surface area contributed by atoms with Gasteiger partial charge in [0.1, 0.15) is 12.1 Å². The van der Waals surface area contributed by atoms with E-state index in [1.165, 1.54) is 18.4 Å². The number of carbonyl (C=O) groups excluding carboxylic acids is 3. The molecule has 0 aromatic carbocycles. The first-order chi connectivity index (χ1) is 21.8. The van der Waals surface area contributed by atoms with E-state index in [1.54, 1.807) is 44.7 Å². The van der Waals surface area contributed by atoms with Gasteiger partial charge in [-0.05, 0) is 49.2 Å². The second kappa shape index (κ2) is 13.2. The summed E-state index contributed by atoms with van der Waals surface area (Å²) in [6.45, 7) is 9.68. The Labute approximate surface area is 276 Å². The second-order valence-corrected chi connectivity index (χ2v) is 14.0. The van der Waals surface area contributed by atoms with Crippen LogP contribution in [0.25, 0.3) is 11.2 Å². The molecule has 2 aliphatic carbocycles. The van der Waals surface area contributed by atoms with Crippen LogP contribution in [0.4, 0.5) is 5.82 Å². The van der Waals surface area contributed by atoms with Crippen LogP contribution in [0.1, 0.15) is 57.8 Å². The third kappa shape index (κ3) is 6.04. The van der Waals surface area contributed by atoms with E-state index in [0.29, 0.717) is 34.3 Å². The summed E-state index contributed by atoms with van der Waals surface area (Å²) in [5.74, 6) is 4.18. The van der Waals surface area contributed by atoms with Gasteiger partial charge in [0.15, 0.2) is 29.2 Å². The summed E-state index contributed by atoms with van der Waals surface area (Å²) < 4.78 is 14.5. The third-order valence-electron chi connectivity index (χ3n) is 8.70. The SMILES string of the molecule is CCNc1nc(C#Cc2ccc(Cl)s2)nc2c1ncn2[C@H]1C(OC(=O)[C@@H](N)C(C)C)C(OC(=O)[C@@H](N)C(C)C)[C@]2(C(=O)NC)CC12. The van der Waals surface area contributed by atoms with E-state index in [-0.39, 0.29) is 23.6 Å². The number of aromatic nitrogens is 4. The van der Waals surface area contributed by atoms with Gasteiger partial charge in [0, 0.05) is 19.5 Å². The minimum absolute atomic E-state index is 0.224. The molecule has 3 unspecified atom stereocenters. The predicted octanol–water partition coefficient (Wildman–Crippen LogP) is 2.47. The number of halogens is 1. The van der Waals surface area contributed by atoms with Gasteiger partial charge in [-0.3, -0.25) is 14.4 Å². The largest absolute Gasteiger partial charge is 0.456 e. The molecule has 46 heavy (non-hydrogen) atoms. The molecule has 0 aliphatic heterocycles. The zero-order chi connectivity index (χ0) is 33.5. The van der Waals surface area contributed by atoms with Crippen molar-refractivity contribution in [3.05, 3.63) is 33.5 Å². The van der Waals surface area contributed by atoms with Gasteiger partial charge in [0.2, 0.25) is 11.7 Å². The fraction of sp³-hybridized carbons (Fsp3) is 0.548. The maximum absolute atomic E-state index is 13.6. The summed E-state index contributed by atoms with van der Waals surface area (Å²) >= 11 is 7.41. The van der Waals surface area contributed by atoms with Crippen LogP contribution in [-0.4, -0.2) is 75.2 Å². The first kappa shape index (κ1) is 33.6. The third-order valence-corrected chi connectivity index (χ3v) is 9.84. The number of rotatable bonds is 10. The van der Waals surface area contributed by atoms with E-state index in [1.807, 2.05) is 13.0 Å². The molecular formula is C31H39ClN8O5S. The lowest BCUT2D eigenvalue weighted by Gasteiger charge is -2.32. The van der Waals surface area contributed by atoms with Crippen LogP contribution < -0.4 is 22.1 Å². The number of hydrogen-bond donors (Lipinski definition) is 4. The van der Waals surface area contributed by atoms with Crippen LogP contribution in [0.2, 0.25) is 4.34 Å². The highest BCUT2D eigenvalue weighted by Crippen LogP contribution is 2.69. The molecule has 3 aromatic rings. The maximum Gasteiger partial charge on any atom is 0.323 e. The Hall–Kier alpha value is -3.77. The number of thiophene rings is 1. The van der Waals surface area contributed by atoms with Crippen LogP contribution in [0, 0.1) is 35.0 Å². The molecule has 15 heteroatoms. The average Bonchev–Trinajstić information content (AvgIpc) is 3.25. The molecule has 246 valence electrons. The fourth-order valence-corrected chi connectivity index (χ4v) is 6.88. The number of anilines is 1. The smallest absolute Gasteiger partial charge is 0.323 e. The quantitative estimate of drug-likeness (QED) is 0.183. The lowest BCUT2D eigenvalue weighted by atomic mass is 9.96. The minimum atomic E-state index is -1.17. The average molecular weight is 671 g/mol. The molecule has 13 nitrogen and oxygen atoms in total. The Morgan fingerprint density at radius 1 is 1.11 bits per heavy atom. The fourth-order valence-electron chi connectivity index (χ4n) is 5.98. The van der Waals surface area contributed by atoms with Crippen molar-refractivity contribution in [2.45, 2.75) is 71.4 Å². The van der Waals surface area contributed by atoms with Gasteiger partial charge in [-0.15, -0.1) is 11.3 Å². The topological polar surface area (TPSA) is 189 Å². The van der Waals surface area contributed by atoms with Crippen LogP contribution in [0.15, 0.2) is 18.5 Å². The molecule has 6 N–H and O–H groups in total. The standard InChI is InChI=1S/C31H39ClN8O5S/c1-7-36-26-22-27(39-19(38-26)11-9-16-8-10-18(32)46-16)40(13-37-22)23-17-12-31(17,30(43)35-6)25(45-29(42)21(34)15(4)5)24(23)44-28(41)20(33)14(2)3/h8,10,13-15,17,20-21,23-25H,7,12,33-34H2,1-6H3,(H,35,43)(H,36,38,39)/t17?,20-,21-,23+,24?,25?,31-/m0/s1. The van der Waals surface area contributed by atoms with Gasteiger partial charge in [0.05, 0.1) is 27.0 Å². The van der Waals surface area contributed by atoms with Crippen molar-refractivity contribution in [3.8, 4) is 11.8 Å². The zero-order valence-electron chi connectivity index (χ0n) is 26.5. The number of ether oxygens (including phenoxy) is 2. The molecule has 2 fully saturated rings. The van der Waals surface area contributed by atoms with Crippen molar-refractivity contribution in [1.82, 2.24) is 24.8 Å². The molecule has 0 spiro atoms. The first-order valence-electron chi connectivity index (χ1n) is 15.2. The highest BCUT2D eigenvalue weighted by atomic mass is 35.5. The van der Waals surface area contributed by atoms with Crippen molar-refractivity contribution in [3.63, 3.8) is 0 Å². The predicted molar refractivity (Wildman–Crippen MR) is 174 cm³/mol. The van der Waals surface area contributed by atoms with E-state index in [4.69, 9.17) is 37.5 Å². The lowest BCUT2D eigenvalue weighted by Crippen LogP contribution is -2.50. The molecule has 0 bridgehead atoms. The summed E-state index contributed by atoms with van der Waals surface area (Å²) in [5.41, 5.74) is 12.0. The van der Waals surface area contributed by atoms with E-state index in [9.17, 15) is 14.4 Å². The van der Waals surface area contributed by atoms with Gasteiger partial charge < -0.3 is 36.1 Å². The Kier molecular flexibility index (Phi) is 9.60. The van der Waals surface area contributed by atoms with Crippen molar-refractivity contribution in [2.75, 3.05) is 18.9 Å². The number of nitrogens with one attached hydrogen (secondary N) is 2. The highest BCUT2D eigenvalue weighted by Gasteiger charge is 2.78. The van der Waals surface area contributed by atoms with E-state index in [2.05, 4.69) is 32.4 Å². The number of esters is 2. The Morgan fingerprint density at radius 2 is 1.78 bits per heavy atom. The van der Waals surface area contributed by atoms with E-state index >= 15 is 0 Å². The number of fused-ring (bicyclic) bond motifs is 2. The maximum atomic E-state index is 13.6. The first-order valence-corrected chi connectivity index (χ1v) is 16.4. The van der Waals surface area contributed by atoms with Crippen molar-refractivity contribution >= 4 is 57.8 Å². The molecule has 2 saturated carbocycles. The van der Waals surface area contributed by atoms with Gasteiger partial charge in [0.25, 0.3) is 0 Å². The van der Waals surface area contributed by atoms with E-state index in [0.717, 1.165) is 4.88 Å². The Balaban J connectivity index is 1.65. The number of imidazole rings is 1. The highest BCUT2D eigenvalue weighted by molar-refractivity contribution is 7.16. The van der Waals surface area contributed by atoms with Crippen molar-refractivity contribution in [2.24, 2.45) is 34.6 Å². The van der Waals surface area contributed by atoms with Crippen molar-refractivity contribution < 1.29 is 23.9 Å². The molecule has 3 heterocycles. The molecule has 5 rings (SSSR count). The summed E-state index contributed by atoms with van der Waals surface area (Å²) in [6, 6.07) is 0.983. The lowest BCUT2D eigenvalue weighted by molar-refractivity contribution is -0.177.